The van der Waals surface area contributed by atoms with Crippen molar-refractivity contribution < 1.29 is 36.9 Å². The predicted octanol–water partition coefficient (Wildman–Crippen LogP) is -0.280. The molecule has 4 nitrogen and oxygen atoms in total. The molecule has 1 aromatic carbocycles. The number of hydrogen-bond acceptors (Lipinski definition) is 2. The zero-order chi connectivity index (χ0) is 16.5. The molecule has 0 saturated carbocycles. The summed E-state index contributed by atoms with van der Waals surface area (Å²) in [6.07, 6.45) is 4.58. The third kappa shape index (κ3) is 4.14. The summed E-state index contributed by atoms with van der Waals surface area (Å²) in [7, 11) is -0.945. The molecule has 0 aromatic heterocycles. The van der Waals surface area contributed by atoms with Crippen LogP contribution in [0.1, 0.15) is 32.6 Å². The summed E-state index contributed by atoms with van der Waals surface area (Å²) in [4.78, 5) is 0.422. The second kappa shape index (κ2) is 8.01. The van der Waals surface area contributed by atoms with Gasteiger partial charge in [0.2, 0.25) is 10.0 Å². The summed E-state index contributed by atoms with van der Waals surface area (Å²) in [5, 5.41) is 0. The van der Waals surface area contributed by atoms with Gasteiger partial charge < -0.3 is 28.5 Å². The number of benzene rings is 1. The summed E-state index contributed by atoms with van der Waals surface area (Å²) < 4.78 is 28.2. The molecule has 24 heavy (non-hydrogen) atoms. The van der Waals surface area contributed by atoms with Crippen LogP contribution in [0, 0.1) is 5.92 Å². The lowest BCUT2D eigenvalue weighted by atomic mass is 9.92. The molecule has 3 rings (SSSR count). The van der Waals surface area contributed by atoms with Crippen LogP contribution in [0.15, 0.2) is 35.2 Å². The van der Waals surface area contributed by atoms with Crippen LogP contribution in [0.5, 0.6) is 0 Å². The standard InChI is InChI=1S/C18H29N2O2S.HI/c1-16-10-14-20(2,15-11-16)17-8-12-19(13-9-17)23(21,22)18-6-4-3-5-7-18;/h3-7,16-17H,8-15H2,1-2H3;1H/q+1;/p-1. The Morgan fingerprint density at radius 1 is 1.00 bits per heavy atom. The van der Waals surface area contributed by atoms with Gasteiger partial charge in [0.05, 0.1) is 31.1 Å². The number of halogens is 1. The van der Waals surface area contributed by atoms with Gasteiger partial charge in [-0.15, -0.1) is 0 Å². The minimum absolute atomic E-state index is 0. The van der Waals surface area contributed by atoms with Gasteiger partial charge in [-0.05, 0) is 30.9 Å². The maximum absolute atomic E-state index is 12.7. The highest BCUT2D eigenvalue weighted by Gasteiger charge is 2.40. The minimum Gasteiger partial charge on any atom is -1.00 e. The molecule has 0 aliphatic carbocycles. The van der Waals surface area contributed by atoms with Crippen LogP contribution in [-0.2, 0) is 10.0 Å². The molecule has 2 heterocycles. The molecule has 2 aliphatic heterocycles. The average molecular weight is 464 g/mol. The van der Waals surface area contributed by atoms with Gasteiger partial charge in [0.15, 0.2) is 0 Å². The second-order valence-corrected chi connectivity index (χ2v) is 9.50. The third-order valence-electron chi connectivity index (χ3n) is 5.95. The SMILES string of the molecule is CC1CC[N+](C)(C2CCN(S(=O)(=O)c3ccccc3)CC2)CC1.[I-]. The normalized spacial score (nSPS) is 29.8. The molecule has 0 atom stereocenters. The largest absolute Gasteiger partial charge is 1.00 e. The molecule has 136 valence electrons. The van der Waals surface area contributed by atoms with Gasteiger partial charge in [0, 0.05) is 25.9 Å². The molecule has 2 aliphatic rings. The zero-order valence-electron chi connectivity index (χ0n) is 14.7. The Morgan fingerprint density at radius 2 is 1.54 bits per heavy atom. The first-order chi connectivity index (χ1) is 10.9. The average Bonchev–Trinajstić information content (AvgIpc) is 2.59. The smallest absolute Gasteiger partial charge is 0.243 e. The van der Waals surface area contributed by atoms with Crippen LogP contribution >= 0.6 is 0 Å². The summed E-state index contributed by atoms with van der Waals surface area (Å²) >= 11 is 0. The van der Waals surface area contributed by atoms with Crippen molar-refractivity contribution >= 4 is 10.0 Å². The van der Waals surface area contributed by atoms with Crippen molar-refractivity contribution in [3.63, 3.8) is 0 Å². The van der Waals surface area contributed by atoms with E-state index < -0.39 is 10.0 Å². The van der Waals surface area contributed by atoms with E-state index in [2.05, 4.69) is 14.0 Å². The summed E-state index contributed by atoms with van der Waals surface area (Å²) in [5.74, 6) is 0.847. The summed E-state index contributed by atoms with van der Waals surface area (Å²) in [5.41, 5.74) is 0. The molecule has 1 aromatic rings. The van der Waals surface area contributed by atoms with E-state index in [0.717, 1.165) is 23.2 Å². The van der Waals surface area contributed by atoms with Gasteiger partial charge in [-0.1, -0.05) is 25.1 Å². The van der Waals surface area contributed by atoms with Crippen LogP contribution in [-0.4, -0.2) is 56.5 Å². The van der Waals surface area contributed by atoms with E-state index in [9.17, 15) is 8.42 Å². The quantitative estimate of drug-likeness (QED) is 0.456. The summed E-state index contributed by atoms with van der Waals surface area (Å²) in [6.45, 7) is 6.16. The first kappa shape index (κ1) is 20.1. The Morgan fingerprint density at radius 3 is 2.08 bits per heavy atom. The molecule has 0 N–H and O–H groups in total. The van der Waals surface area contributed by atoms with Gasteiger partial charge in [0.1, 0.15) is 0 Å². The van der Waals surface area contributed by atoms with E-state index in [1.54, 1.807) is 28.6 Å². The van der Waals surface area contributed by atoms with E-state index in [0.29, 0.717) is 24.0 Å². The van der Waals surface area contributed by atoms with Crippen molar-refractivity contribution in [1.29, 1.82) is 0 Å². The molecule has 2 saturated heterocycles. The van der Waals surface area contributed by atoms with Crippen molar-refractivity contribution in [3.05, 3.63) is 30.3 Å². The Labute approximate surface area is 163 Å². The van der Waals surface area contributed by atoms with Crippen LogP contribution in [0.3, 0.4) is 0 Å². The fourth-order valence-corrected chi connectivity index (χ4v) is 5.59. The van der Waals surface area contributed by atoms with Crippen molar-refractivity contribution in [2.45, 2.75) is 43.5 Å². The Kier molecular flexibility index (Phi) is 6.72. The van der Waals surface area contributed by atoms with Crippen molar-refractivity contribution in [2.75, 3.05) is 33.2 Å². The molecule has 0 amide bonds. The monoisotopic (exact) mass is 464 g/mol. The molecule has 0 radical (unpaired) electrons. The van der Waals surface area contributed by atoms with Crippen molar-refractivity contribution in [1.82, 2.24) is 4.31 Å². The number of piperidine rings is 2. The Hall–Kier alpha value is -0.180. The summed E-state index contributed by atoms with van der Waals surface area (Å²) in [6, 6.07) is 9.45. The van der Waals surface area contributed by atoms with Gasteiger partial charge in [-0.25, -0.2) is 8.42 Å². The van der Waals surface area contributed by atoms with E-state index in [1.807, 2.05) is 6.07 Å². The molecule has 0 spiro atoms. The molecule has 0 bridgehead atoms. The van der Waals surface area contributed by atoms with E-state index in [4.69, 9.17) is 0 Å². The number of likely N-dealkylation sites (tertiary alicyclic amines) is 1. The van der Waals surface area contributed by atoms with Crippen LogP contribution in [0.4, 0.5) is 0 Å². The second-order valence-electron chi connectivity index (χ2n) is 7.56. The van der Waals surface area contributed by atoms with E-state index >= 15 is 0 Å². The highest BCUT2D eigenvalue weighted by atomic mass is 127. The minimum atomic E-state index is -3.32. The number of sulfonamides is 1. The Balaban J connectivity index is 0.00000208. The Bertz CT molecular complexity index is 620. The predicted molar refractivity (Wildman–Crippen MR) is 92.5 cm³/mol. The fourth-order valence-electron chi connectivity index (χ4n) is 4.10. The van der Waals surface area contributed by atoms with Crippen LogP contribution < -0.4 is 24.0 Å². The first-order valence-electron chi connectivity index (χ1n) is 8.81. The number of hydrogen-bond donors (Lipinski definition) is 0. The molecular weight excluding hydrogens is 435 g/mol. The lowest BCUT2D eigenvalue weighted by Crippen LogP contribution is -3.00. The maximum Gasteiger partial charge on any atom is 0.243 e. The number of quaternary nitrogens is 1. The molecular formula is C18H29IN2O2S. The third-order valence-corrected chi connectivity index (χ3v) is 7.86. The first-order valence-corrected chi connectivity index (χ1v) is 10.3. The van der Waals surface area contributed by atoms with Crippen molar-refractivity contribution in [2.24, 2.45) is 5.92 Å². The van der Waals surface area contributed by atoms with Crippen molar-refractivity contribution in [3.8, 4) is 0 Å². The van der Waals surface area contributed by atoms with E-state index in [-0.39, 0.29) is 24.0 Å². The molecule has 0 unspecified atom stereocenters. The molecule has 6 heteroatoms. The van der Waals surface area contributed by atoms with Gasteiger partial charge in [0.25, 0.3) is 0 Å². The number of nitrogens with zero attached hydrogens (tertiary/aromatic N) is 2. The topological polar surface area (TPSA) is 37.4 Å². The van der Waals surface area contributed by atoms with Crippen LogP contribution in [0.2, 0.25) is 0 Å². The lowest BCUT2D eigenvalue weighted by Gasteiger charge is -2.48. The van der Waals surface area contributed by atoms with Gasteiger partial charge >= 0.3 is 0 Å². The lowest BCUT2D eigenvalue weighted by molar-refractivity contribution is -0.939. The number of rotatable bonds is 3. The highest BCUT2D eigenvalue weighted by molar-refractivity contribution is 7.89. The maximum atomic E-state index is 12.7. The van der Waals surface area contributed by atoms with Crippen LogP contribution in [0.25, 0.3) is 0 Å². The van der Waals surface area contributed by atoms with Gasteiger partial charge in [-0.3, -0.25) is 0 Å². The zero-order valence-corrected chi connectivity index (χ0v) is 17.7. The van der Waals surface area contributed by atoms with E-state index in [1.165, 1.54) is 25.9 Å². The fraction of sp³-hybridized carbons (Fsp3) is 0.667. The van der Waals surface area contributed by atoms with Gasteiger partial charge in [-0.2, -0.15) is 4.31 Å². The molecule has 2 fully saturated rings. The highest BCUT2D eigenvalue weighted by Crippen LogP contribution is 2.31.